The summed E-state index contributed by atoms with van der Waals surface area (Å²) in [5, 5.41) is 44.1. The van der Waals surface area contributed by atoms with Crippen molar-refractivity contribution in [3.8, 4) is 23.0 Å². The number of hydrogen-bond acceptors (Lipinski definition) is 9. The van der Waals surface area contributed by atoms with Gasteiger partial charge in [0, 0.05) is 28.8 Å². The molecule has 166 valence electrons. The molecule has 2 aliphatic rings. The molecule has 0 aliphatic carbocycles. The van der Waals surface area contributed by atoms with Crippen LogP contribution in [0.3, 0.4) is 0 Å². The molecule has 0 fully saturated rings. The minimum absolute atomic E-state index is 0.00364. The summed E-state index contributed by atoms with van der Waals surface area (Å²) in [6.45, 7) is 2.79. The molecule has 0 aromatic heterocycles. The first-order valence-electron chi connectivity index (χ1n) is 9.62. The molecule has 5 rings (SSSR count). The zero-order valence-corrected chi connectivity index (χ0v) is 17.1. The van der Waals surface area contributed by atoms with Gasteiger partial charge in [-0.25, -0.2) is 4.79 Å². The lowest BCUT2D eigenvalue weighted by Gasteiger charge is -2.36. The minimum atomic E-state index is -1.98. The van der Waals surface area contributed by atoms with Crippen LogP contribution in [0, 0.1) is 34.1 Å². The second kappa shape index (κ2) is 6.42. The molecule has 0 amide bonds. The quantitative estimate of drug-likeness (QED) is 0.332. The zero-order chi connectivity index (χ0) is 23.8. The van der Waals surface area contributed by atoms with E-state index in [9.17, 15) is 35.2 Å². The van der Waals surface area contributed by atoms with Crippen molar-refractivity contribution in [1.29, 1.82) is 0 Å². The number of nitrogens with zero attached hydrogens (tertiary/aromatic N) is 2. The van der Waals surface area contributed by atoms with E-state index in [1.807, 2.05) is 0 Å². The normalized spacial score (nSPS) is 14.7. The summed E-state index contributed by atoms with van der Waals surface area (Å²) in [5.41, 5.74) is -3.64. The first-order valence-corrected chi connectivity index (χ1v) is 9.62. The van der Waals surface area contributed by atoms with Crippen LogP contribution in [0.15, 0.2) is 36.4 Å². The fourth-order valence-corrected chi connectivity index (χ4v) is 4.62. The number of carbonyl (C=O) groups excluding carboxylic acids is 1. The molecule has 2 aliphatic heterocycles. The second-order valence-corrected chi connectivity index (χ2v) is 7.75. The fourth-order valence-electron chi connectivity index (χ4n) is 4.62. The van der Waals surface area contributed by atoms with E-state index >= 15 is 0 Å². The molecule has 11 nitrogen and oxygen atoms in total. The third-order valence-electron chi connectivity index (χ3n) is 6.08. The van der Waals surface area contributed by atoms with E-state index in [-0.39, 0.29) is 56.4 Å². The Morgan fingerprint density at radius 1 is 0.848 bits per heavy atom. The minimum Gasteiger partial charge on any atom is -0.508 e. The maximum Gasteiger partial charge on any atom is 0.355 e. The van der Waals surface area contributed by atoms with Gasteiger partial charge in [-0.1, -0.05) is 0 Å². The van der Waals surface area contributed by atoms with Gasteiger partial charge < -0.3 is 19.7 Å². The third-order valence-corrected chi connectivity index (χ3v) is 6.08. The molecular weight excluding hydrogens is 436 g/mol. The molecule has 3 aromatic rings. The molecular formula is C22H14N2O9. The fraction of sp³-hybridized carbons (Fsp3) is 0.136. The number of aromatic hydroxyl groups is 2. The van der Waals surface area contributed by atoms with Crippen molar-refractivity contribution in [3.05, 3.63) is 90.0 Å². The Morgan fingerprint density at radius 3 is 1.85 bits per heavy atom. The van der Waals surface area contributed by atoms with Crippen LogP contribution in [-0.4, -0.2) is 26.0 Å². The predicted molar refractivity (Wildman–Crippen MR) is 111 cm³/mol. The summed E-state index contributed by atoms with van der Waals surface area (Å²) in [7, 11) is 0. The van der Waals surface area contributed by atoms with Crippen molar-refractivity contribution in [2.24, 2.45) is 0 Å². The van der Waals surface area contributed by atoms with Crippen LogP contribution in [0.5, 0.6) is 23.0 Å². The van der Waals surface area contributed by atoms with E-state index in [1.165, 1.54) is 50.2 Å². The number of phenols is 2. The van der Waals surface area contributed by atoms with Crippen LogP contribution >= 0.6 is 0 Å². The number of carbonyl (C=O) groups is 1. The number of fused-ring (bicyclic) bond motifs is 6. The summed E-state index contributed by atoms with van der Waals surface area (Å²) >= 11 is 0. The maximum absolute atomic E-state index is 13.2. The summed E-state index contributed by atoms with van der Waals surface area (Å²) in [4.78, 5) is 35.6. The standard InChI is InChI=1S/C22H14N2O9/c1-9-10(2)19(23(28)29)20(24(30)31)18-17(9)21(27)33-22(18)13-5-3-11(25)7-15(13)32-16-8-12(26)4-6-14(16)22/h3-8,25-26H,1-2H3. The van der Waals surface area contributed by atoms with E-state index in [0.717, 1.165) is 0 Å². The third kappa shape index (κ3) is 2.47. The summed E-state index contributed by atoms with van der Waals surface area (Å²) < 4.78 is 11.6. The summed E-state index contributed by atoms with van der Waals surface area (Å²) in [6, 6.07) is 7.74. The van der Waals surface area contributed by atoms with Gasteiger partial charge in [-0.05, 0) is 43.7 Å². The molecule has 0 unspecified atom stereocenters. The molecule has 0 bridgehead atoms. The number of esters is 1. The van der Waals surface area contributed by atoms with Crippen molar-refractivity contribution in [2.45, 2.75) is 19.4 Å². The van der Waals surface area contributed by atoms with Crippen LogP contribution in [0.2, 0.25) is 0 Å². The van der Waals surface area contributed by atoms with E-state index in [2.05, 4.69) is 0 Å². The Morgan fingerprint density at radius 2 is 1.36 bits per heavy atom. The average Bonchev–Trinajstić information content (AvgIpc) is 3.02. The Kier molecular flexibility index (Phi) is 3.94. The van der Waals surface area contributed by atoms with E-state index in [4.69, 9.17) is 9.47 Å². The number of ether oxygens (including phenoxy) is 2. The van der Waals surface area contributed by atoms with Crippen LogP contribution in [0.25, 0.3) is 0 Å². The molecule has 2 N–H and O–H groups in total. The van der Waals surface area contributed by atoms with Gasteiger partial charge in [0.25, 0.3) is 0 Å². The highest BCUT2D eigenvalue weighted by molar-refractivity contribution is 6.02. The van der Waals surface area contributed by atoms with E-state index in [0.29, 0.717) is 0 Å². The lowest BCUT2D eigenvalue weighted by molar-refractivity contribution is -0.423. The Labute approximate surface area is 184 Å². The summed E-state index contributed by atoms with van der Waals surface area (Å²) in [6.07, 6.45) is 0. The van der Waals surface area contributed by atoms with Crippen LogP contribution < -0.4 is 4.74 Å². The van der Waals surface area contributed by atoms with Crippen LogP contribution in [-0.2, 0) is 10.3 Å². The van der Waals surface area contributed by atoms with Crippen molar-refractivity contribution < 1.29 is 34.3 Å². The van der Waals surface area contributed by atoms with Crippen molar-refractivity contribution in [1.82, 2.24) is 0 Å². The molecule has 1 spiro atoms. The molecule has 0 saturated carbocycles. The SMILES string of the molecule is Cc1c(C)c([N+](=O)[O-])c([N+](=O)[O-])c2c1C(=O)OC21c2ccc(O)cc2Oc2cc(O)ccc21. The van der Waals surface area contributed by atoms with Gasteiger partial charge >= 0.3 is 17.3 Å². The van der Waals surface area contributed by atoms with Crippen LogP contribution in [0.4, 0.5) is 11.4 Å². The van der Waals surface area contributed by atoms with Gasteiger partial charge in [-0.15, -0.1) is 0 Å². The number of hydrogen-bond donors (Lipinski definition) is 2. The molecule has 0 radical (unpaired) electrons. The van der Waals surface area contributed by atoms with Gasteiger partial charge in [0.15, 0.2) is 0 Å². The second-order valence-electron chi connectivity index (χ2n) is 7.75. The highest BCUT2D eigenvalue weighted by Gasteiger charge is 2.60. The predicted octanol–water partition coefficient (Wildman–Crippen LogP) is 4.10. The lowest BCUT2D eigenvalue weighted by atomic mass is 9.75. The lowest BCUT2D eigenvalue weighted by Crippen LogP contribution is -2.33. The Bertz CT molecular complexity index is 1390. The molecule has 2 heterocycles. The van der Waals surface area contributed by atoms with Gasteiger partial charge in [0.1, 0.15) is 28.6 Å². The topological polar surface area (TPSA) is 162 Å². The van der Waals surface area contributed by atoms with Gasteiger partial charge in [-0.2, -0.15) is 0 Å². The molecule has 0 saturated heterocycles. The van der Waals surface area contributed by atoms with E-state index < -0.39 is 32.8 Å². The maximum atomic E-state index is 13.2. The monoisotopic (exact) mass is 450 g/mol. The van der Waals surface area contributed by atoms with Crippen molar-refractivity contribution >= 4 is 17.3 Å². The molecule has 0 atom stereocenters. The number of benzene rings is 3. The van der Waals surface area contributed by atoms with Gasteiger partial charge in [0.2, 0.25) is 5.60 Å². The Hall–Kier alpha value is -4.67. The average molecular weight is 450 g/mol. The first kappa shape index (κ1) is 20.2. The smallest absolute Gasteiger partial charge is 0.355 e. The first-order chi connectivity index (χ1) is 15.6. The highest BCUT2D eigenvalue weighted by Crippen LogP contribution is 2.61. The van der Waals surface area contributed by atoms with Crippen molar-refractivity contribution in [3.63, 3.8) is 0 Å². The summed E-state index contributed by atoms with van der Waals surface area (Å²) in [5.74, 6) is -1.29. The molecule has 3 aromatic carbocycles. The molecule has 11 heteroatoms. The van der Waals surface area contributed by atoms with Gasteiger partial charge in [-0.3, -0.25) is 20.2 Å². The van der Waals surface area contributed by atoms with Crippen molar-refractivity contribution in [2.75, 3.05) is 0 Å². The number of nitro benzene ring substituents is 2. The number of phenolic OH excluding ortho intramolecular Hbond substituents is 2. The highest BCUT2D eigenvalue weighted by atomic mass is 16.6. The van der Waals surface area contributed by atoms with E-state index in [1.54, 1.807) is 0 Å². The van der Waals surface area contributed by atoms with Crippen LogP contribution in [0.1, 0.15) is 38.2 Å². The Balaban J connectivity index is 2.04. The largest absolute Gasteiger partial charge is 0.508 e. The number of rotatable bonds is 2. The van der Waals surface area contributed by atoms with Gasteiger partial charge in [0.05, 0.1) is 15.4 Å². The number of nitro groups is 2. The zero-order valence-electron chi connectivity index (χ0n) is 17.1. The molecule has 33 heavy (non-hydrogen) atoms.